The molecular formula is C27H54N4O13Si3. The predicted octanol–water partition coefficient (Wildman–Crippen LogP) is -1.58. The lowest BCUT2D eigenvalue weighted by atomic mass is 9.96. The van der Waals surface area contributed by atoms with E-state index in [1.54, 1.807) is 10.9 Å². The van der Waals surface area contributed by atoms with Gasteiger partial charge in [-0.05, 0) is 58.3 Å². The van der Waals surface area contributed by atoms with Gasteiger partial charge in [0.05, 0.1) is 26.0 Å². The molecule has 20 heteroatoms. The number of ether oxygens (including phenoxy) is 3. The van der Waals surface area contributed by atoms with Crippen LogP contribution in [0.15, 0.2) is 6.20 Å². The summed E-state index contributed by atoms with van der Waals surface area (Å²) in [6.45, 7) is 15.2. The molecule has 7 N–H and O–H groups in total. The van der Waals surface area contributed by atoms with E-state index in [1.165, 1.54) is 6.92 Å². The van der Waals surface area contributed by atoms with Gasteiger partial charge in [0.1, 0.15) is 54.5 Å². The topological polar surface area (TPSA) is 239 Å². The molecule has 47 heavy (non-hydrogen) atoms. The maximum Gasteiger partial charge on any atom is 0.314 e. The molecule has 2 fully saturated rings. The number of hydrogen-bond donors (Lipinski definition) is 7. The second kappa shape index (κ2) is 16.2. The molecule has 10 unspecified atom stereocenters. The molecule has 272 valence electrons. The first-order valence-corrected chi connectivity index (χ1v) is 25.2. The van der Waals surface area contributed by atoms with Crippen molar-refractivity contribution in [3.05, 3.63) is 11.9 Å². The SMILES string of the molecule is CC(=O)N(Cc1cn(CCC[Si](C)(O[Si](C)(C)C)O[Si](C)(C)C)nn1)C1OC(CO)C(OC2OC(CO)C(O)C(O)C2O)C(O)C1O. The van der Waals surface area contributed by atoms with Crippen LogP contribution in [-0.2, 0) is 40.3 Å². The molecule has 3 rings (SSSR count). The van der Waals surface area contributed by atoms with Gasteiger partial charge >= 0.3 is 8.56 Å². The maximum absolute atomic E-state index is 12.7. The van der Waals surface area contributed by atoms with Crippen molar-refractivity contribution in [3.63, 3.8) is 0 Å². The number of aromatic nitrogens is 3. The summed E-state index contributed by atoms with van der Waals surface area (Å²) < 4.78 is 31.6. The molecule has 1 aromatic heterocycles. The lowest BCUT2D eigenvalue weighted by molar-refractivity contribution is -0.348. The van der Waals surface area contributed by atoms with Gasteiger partial charge in [0.25, 0.3) is 0 Å². The van der Waals surface area contributed by atoms with E-state index in [-0.39, 0.29) is 6.54 Å². The molecule has 17 nitrogen and oxygen atoms in total. The van der Waals surface area contributed by atoms with Crippen molar-refractivity contribution in [2.45, 2.75) is 140 Å². The first kappa shape index (κ1) is 40.2. The number of aliphatic hydroxyl groups is 7. The Morgan fingerprint density at radius 1 is 0.872 bits per heavy atom. The molecule has 0 saturated carbocycles. The number of aryl methyl sites for hydroxylation is 1. The number of aliphatic hydroxyl groups excluding tert-OH is 7. The maximum atomic E-state index is 12.7. The Balaban J connectivity index is 1.67. The molecule has 10 atom stereocenters. The third-order valence-electron chi connectivity index (χ3n) is 7.67. The number of rotatable bonds is 15. The second-order valence-electron chi connectivity index (χ2n) is 14.3. The van der Waals surface area contributed by atoms with Crippen LogP contribution in [-0.4, -0.2) is 161 Å². The normalized spacial score (nSPS) is 32.4. The highest BCUT2D eigenvalue weighted by atomic mass is 28.5. The Kier molecular flexibility index (Phi) is 13.9. The van der Waals surface area contributed by atoms with Crippen molar-refractivity contribution in [2.75, 3.05) is 13.2 Å². The van der Waals surface area contributed by atoms with Gasteiger partial charge in [0, 0.05) is 13.5 Å². The van der Waals surface area contributed by atoms with Crippen LogP contribution >= 0.6 is 0 Å². The molecular weight excluding hydrogens is 673 g/mol. The third-order valence-corrected chi connectivity index (χ3v) is 17.3. The highest BCUT2D eigenvalue weighted by Gasteiger charge is 2.52. The summed E-state index contributed by atoms with van der Waals surface area (Å²) in [5.41, 5.74) is 0.391. The van der Waals surface area contributed by atoms with Crippen molar-refractivity contribution in [3.8, 4) is 0 Å². The summed E-state index contributed by atoms with van der Waals surface area (Å²) >= 11 is 0. The summed E-state index contributed by atoms with van der Waals surface area (Å²) in [6, 6.07) is 0.769. The number of carbonyl (C=O) groups is 1. The third kappa shape index (κ3) is 10.9. The standard InChI is InChI=1S/C27H54N4O13Si3/c1-16(34)31(13-17-12-30(29-28-17)10-9-11-47(8,43-45(2,3)4)44-46(5,6)7)26-23(38)22(37)25(19(15-33)40-26)42-27-24(39)21(36)20(35)18(14-32)41-27/h12,18-27,32-33,35-39H,9-11,13-15H2,1-8H3. The van der Waals surface area contributed by atoms with Crippen LogP contribution in [0.4, 0.5) is 0 Å². The fourth-order valence-corrected chi connectivity index (χ4v) is 18.4. The molecule has 2 aliphatic rings. The van der Waals surface area contributed by atoms with E-state index in [4.69, 9.17) is 22.4 Å². The van der Waals surface area contributed by atoms with Crippen LogP contribution in [0.1, 0.15) is 19.0 Å². The zero-order valence-corrected chi connectivity index (χ0v) is 31.5. The molecule has 1 aromatic rings. The van der Waals surface area contributed by atoms with E-state index < -0.39 is 106 Å². The van der Waals surface area contributed by atoms with Gasteiger partial charge in [-0.15, -0.1) is 5.10 Å². The highest BCUT2D eigenvalue weighted by Crippen LogP contribution is 2.31. The first-order chi connectivity index (χ1) is 21.7. The molecule has 2 saturated heterocycles. The Morgan fingerprint density at radius 3 is 2.00 bits per heavy atom. The Hall–Kier alpha value is -1.22. The van der Waals surface area contributed by atoms with Crippen LogP contribution in [0.25, 0.3) is 0 Å². The van der Waals surface area contributed by atoms with Gasteiger partial charge in [-0.25, -0.2) is 0 Å². The second-order valence-corrected chi connectivity index (χ2v) is 27.2. The summed E-state index contributed by atoms with van der Waals surface area (Å²) in [4.78, 5) is 13.9. The lowest BCUT2D eigenvalue weighted by Crippen LogP contribution is -2.66. The minimum atomic E-state index is -2.44. The minimum Gasteiger partial charge on any atom is -0.437 e. The van der Waals surface area contributed by atoms with Crippen molar-refractivity contribution < 1.29 is 63.0 Å². The monoisotopic (exact) mass is 726 g/mol. The number of amides is 1. The minimum absolute atomic E-state index is 0.135. The summed E-state index contributed by atoms with van der Waals surface area (Å²) in [5.74, 6) is -0.519. The van der Waals surface area contributed by atoms with Gasteiger partial charge in [-0.2, -0.15) is 0 Å². The van der Waals surface area contributed by atoms with Gasteiger partial charge in [0.2, 0.25) is 5.91 Å². The largest absolute Gasteiger partial charge is 0.437 e. The van der Waals surface area contributed by atoms with Crippen LogP contribution in [0, 0.1) is 0 Å². The first-order valence-electron chi connectivity index (χ1n) is 15.8. The summed E-state index contributed by atoms with van der Waals surface area (Å²) in [5, 5.41) is 80.5. The van der Waals surface area contributed by atoms with Crippen LogP contribution in [0.5, 0.6) is 0 Å². The van der Waals surface area contributed by atoms with Crippen molar-refractivity contribution >= 4 is 31.1 Å². The highest BCUT2D eigenvalue weighted by molar-refractivity contribution is 6.87. The van der Waals surface area contributed by atoms with E-state index in [0.717, 1.165) is 17.4 Å². The van der Waals surface area contributed by atoms with E-state index in [2.05, 4.69) is 56.1 Å². The molecule has 0 spiro atoms. The van der Waals surface area contributed by atoms with Crippen LogP contribution in [0.3, 0.4) is 0 Å². The molecule has 0 aliphatic carbocycles. The Labute approximate surface area is 278 Å². The molecule has 0 aromatic carbocycles. The fraction of sp³-hybridized carbons (Fsp3) is 0.889. The predicted molar refractivity (Wildman–Crippen MR) is 173 cm³/mol. The van der Waals surface area contributed by atoms with Gasteiger partial charge < -0.3 is 63.1 Å². The molecule has 0 bridgehead atoms. The van der Waals surface area contributed by atoms with E-state index in [0.29, 0.717) is 12.2 Å². The van der Waals surface area contributed by atoms with E-state index in [9.17, 15) is 40.5 Å². The quantitative estimate of drug-likeness (QED) is 0.101. The van der Waals surface area contributed by atoms with Gasteiger partial charge in [-0.1, -0.05) is 5.21 Å². The number of carbonyl (C=O) groups excluding carboxylic acids is 1. The number of nitrogens with zero attached hydrogens (tertiary/aromatic N) is 4. The van der Waals surface area contributed by atoms with Gasteiger partial charge in [-0.3, -0.25) is 9.48 Å². The van der Waals surface area contributed by atoms with Crippen molar-refractivity contribution in [2.24, 2.45) is 0 Å². The van der Waals surface area contributed by atoms with Crippen LogP contribution in [0.2, 0.25) is 51.9 Å². The van der Waals surface area contributed by atoms with Gasteiger partial charge in [0.15, 0.2) is 29.2 Å². The Bertz CT molecular complexity index is 1140. The van der Waals surface area contributed by atoms with Crippen LogP contribution < -0.4 is 0 Å². The van der Waals surface area contributed by atoms with E-state index >= 15 is 0 Å². The lowest BCUT2D eigenvalue weighted by Gasteiger charge is -2.48. The average Bonchev–Trinajstić information content (AvgIpc) is 3.39. The van der Waals surface area contributed by atoms with Crippen molar-refractivity contribution in [1.29, 1.82) is 0 Å². The van der Waals surface area contributed by atoms with Crippen molar-refractivity contribution in [1.82, 2.24) is 19.9 Å². The molecule has 2 aliphatic heterocycles. The molecule has 0 radical (unpaired) electrons. The zero-order chi connectivity index (χ0) is 35.5. The summed E-state index contributed by atoms with van der Waals surface area (Å²) in [6.07, 6.45) is -13.4. The number of hydrogen-bond acceptors (Lipinski definition) is 15. The fourth-order valence-electron chi connectivity index (χ4n) is 5.88. The average molecular weight is 727 g/mol. The Morgan fingerprint density at radius 2 is 1.47 bits per heavy atom. The van der Waals surface area contributed by atoms with E-state index in [1.807, 2.05) is 0 Å². The smallest absolute Gasteiger partial charge is 0.314 e. The molecule has 3 heterocycles. The summed E-state index contributed by atoms with van der Waals surface area (Å²) in [7, 11) is -6.12. The zero-order valence-electron chi connectivity index (χ0n) is 28.5. The molecule has 1 amide bonds.